The van der Waals surface area contributed by atoms with Gasteiger partial charge in [0.05, 0.1) is 19.3 Å². The van der Waals surface area contributed by atoms with E-state index in [1.54, 1.807) is 11.0 Å². The Balaban J connectivity index is 1.34. The van der Waals surface area contributed by atoms with Gasteiger partial charge in [-0.15, -0.1) is 21.5 Å². The second-order valence-corrected chi connectivity index (χ2v) is 10.4. The number of ether oxygens (including phenoxy) is 2. The number of carbonyl (C=O) groups is 2. The molecule has 12 nitrogen and oxygen atoms in total. The number of hydrogen-bond donors (Lipinski definition) is 1. The van der Waals surface area contributed by atoms with E-state index in [0.717, 1.165) is 36.6 Å². The van der Waals surface area contributed by atoms with E-state index in [4.69, 9.17) is 13.9 Å². The van der Waals surface area contributed by atoms with Gasteiger partial charge in [-0.2, -0.15) is 4.80 Å². The fourth-order valence-electron chi connectivity index (χ4n) is 4.63. The smallest absolute Gasteiger partial charge is 0.248 e. The number of aryl methyl sites for hydroxylation is 1. The minimum Gasteiger partial charge on any atom is -0.458 e. The second-order valence-electron chi connectivity index (χ2n) is 9.39. The SMILES string of the molecule is Cc1ccc(-c2nnn(CC(=O)N(CCN3CCOCC3)[C@@H](C(=O)NC[C@H]3CCCO3)c3cccs3)n2)o1. The van der Waals surface area contributed by atoms with Crippen molar-refractivity contribution in [3.8, 4) is 11.6 Å². The van der Waals surface area contributed by atoms with Crippen LogP contribution in [-0.2, 0) is 25.6 Å². The maximum Gasteiger partial charge on any atom is 0.248 e. The Bertz CT molecular complexity index is 1180. The first-order chi connectivity index (χ1) is 18.6. The zero-order valence-electron chi connectivity index (χ0n) is 21.5. The van der Waals surface area contributed by atoms with Crippen LogP contribution in [0.2, 0.25) is 0 Å². The number of amides is 2. The minimum absolute atomic E-state index is 0.00319. The molecule has 1 N–H and O–H groups in total. The van der Waals surface area contributed by atoms with Crippen molar-refractivity contribution < 1.29 is 23.5 Å². The number of carbonyl (C=O) groups excluding carboxylic acids is 2. The Kier molecular flexibility index (Phi) is 8.79. The summed E-state index contributed by atoms with van der Waals surface area (Å²) in [6.45, 7) is 6.68. The monoisotopic (exact) mass is 543 g/mol. The predicted octanol–water partition coefficient (Wildman–Crippen LogP) is 1.50. The van der Waals surface area contributed by atoms with Gasteiger partial charge in [0.15, 0.2) is 5.76 Å². The molecule has 3 aromatic rings. The lowest BCUT2D eigenvalue weighted by Crippen LogP contribution is -2.49. The summed E-state index contributed by atoms with van der Waals surface area (Å²) >= 11 is 1.45. The van der Waals surface area contributed by atoms with E-state index in [0.29, 0.717) is 51.0 Å². The highest BCUT2D eigenvalue weighted by Crippen LogP contribution is 2.27. The molecule has 3 aromatic heterocycles. The van der Waals surface area contributed by atoms with E-state index in [2.05, 4.69) is 25.6 Å². The van der Waals surface area contributed by atoms with Gasteiger partial charge >= 0.3 is 0 Å². The summed E-state index contributed by atoms with van der Waals surface area (Å²) < 4.78 is 16.7. The maximum absolute atomic E-state index is 13.8. The number of aromatic nitrogens is 4. The van der Waals surface area contributed by atoms with E-state index in [9.17, 15) is 9.59 Å². The Morgan fingerprint density at radius 3 is 2.82 bits per heavy atom. The van der Waals surface area contributed by atoms with Crippen molar-refractivity contribution in [2.24, 2.45) is 0 Å². The third kappa shape index (κ3) is 6.65. The van der Waals surface area contributed by atoms with Gasteiger partial charge in [0.2, 0.25) is 17.6 Å². The van der Waals surface area contributed by atoms with Crippen molar-refractivity contribution in [2.45, 2.75) is 38.5 Å². The van der Waals surface area contributed by atoms with Gasteiger partial charge in [0.25, 0.3) is 0 Å². The summed E-state index contributed by atoms with van der Waals surface area (Å²) in [5, 5.41) is 17.4. The average Bonchev–Trinajstić information content (AvgIpc) is 3.74. The molecule has 2 saturated heterocycles. The van der Waals surface area contributed by atoms with E-state index in [1.807, 2.05) is 30.5 Å². The molecule has 0 spiro atoms. The van der Waals surface area contributed by atoms with Crippen molar-refractivity contribution >= 4 is 23.2 Å². The lowest BCUT2D eigenvalue weighted by atomic mass is 10.1. The van der Waals surface area contributed by atoms with Gasteiger partial charge in [-0.05, 0) is 48.6 Å². The van der Waals surface area contributed by atoms with Gasteiger partial charge < -0.3 is 24.1 Å². The van der Waals surface area contributed by atoms with Crippen LogP contribution in [0.5, 0.6) is 0 Å². The first-order valence-electron chi connectivity index (χ1n) is 12.9. The lowest BCUT2D eigenvalue weighted by Gasteiger charge is -2.34. The molecule has 2 aliphatic rings. The highest BCUT2D eigenvalue weighted by atomic mass is 32.1. The molecule has 2 aliphatic heterocycles. The molecular formula is C25H33N7O5S. The van der Waals surface area contributed by atoms with Crippen LogP contribution in [0.4, 0.5) is 0 Å². The molecule has 2 atom stereocenters. The van der Waals surface area contributed by atoms with Crippen LogP contribution in [0.15, 0.2) is 34.1 Å². The van der Waals surface area contributed by atoms with E-state index in [-0.39, 0.29) is 24.5 Å². The molecule has 5 heterocycles. The maximum atomic E-state index is 13.8. The normalized spacial score (nSPS) is 18.9. The highest BCUT2D eigenvalue weighted by Gasteiger charge is 2.33. The van der Waals surface area contributed by atoms with Crippen LogP contribution in [0.1, 0.15) is 29.5 Å². The number of rotatable bonds is 11. The lowest BCUT2D eigenvalue weighted by molar-refractivity contribution is -0.142. The molecule has 2 amide bonds. The Morgan fingerprint density at radius 2 is 2.11 bits per heavy atom. The first kappa shape index (κ1) is 26.5. The molecule has 13 heteroatoms. The summed E-state index contributed by atoms with van der Waals surface area (Å²) in [6.07, 6.45) is 1.91. The number of morpholine rings is 1. The van der Waals surface area contributed by atoms with Gasteiger partial charge in [-0.25, -0.2) is 0 Å². The van der Waals surface area contributed by atoms with Crippen molar-refractivity contribution in [3.05, 3.63) is 40.3 Å². The molecule has 0 saturated carbocycles. The predicted molar refractivity (Wildman–Crippen MR) is 138 cm³/mol. The molecule has 0 aromatic carbocycles. The van der Waals surface area contributed by atoms with Crippen molar-refractivity contribution in [1.29, 1.82) is 0 Å². The van der Waals surface area contributed by atoms with Crippen molar-refractivity contribution in [3.63, 3.8) is 0 Å². The van der Waals surface area contributed by atoms with E-state index >= 15 is 0 Å². The molecular weight excluding hydrogens is 510 g/mol. The van der Waals surface area contributed by atoms with Gasteiger partial charge in [-0.1, -0.05) is 6.07 Å². The van der Waals surface area contributed by atoms with Crippen LogP contribution >= 0.6 is 11.3 Å². The molecule has 204 valence electrons. The van der Waals surface area contributed by atoms with Crippen LogP contribution in [0.25, 0.3) is 11.6 Å². The van der Waals surface area contributed by atoms with E-state index in [1.165, 1.54) is 16.1 Å². The number of thiophene rings is 1. The summed E-state index contributed by atoms with van der Waals surface area (Å²) in [4.78, 5) is 33.3. The molecule has 38 heavy (non-hydrogen) atoms. The molecule has 0 unspecified atom stereocenters. The fraction of sp³-hybridized carbons (Fsp3) is 0.560. The summed E-state index contributed by atoms with van der Waals surface area (Å²) in [7, 11) is 0. The highest BCUT2D eigenvalue weighted by molar-refractivity contribution is 7.10. The molecule has 0 bridgehead atoms. The third-order valence-corrected chi connectivity index (χ3v) is 7.60. The Hall–Kier alpha value is -3.13. The number of tetrazole rings is 1. The Morgan fingerprint density at radius 1 is 1.24 bits per heavy atom. The minimum atomic E-state index is -0.777. The Labute approximate surface area is 224 Å². The second kappa shape index (κ2) is 12.6. The number of furan rings is 1. The molecule has 0 radical (unpaired) electrons. The summed E-state index contributed by atoms with van der Waals surface area (Å²) in [6, 6.07) is 6.58. The fourth-order valence-corrected chi connectivity index (χ4v) is 5.47. The van der Waals surface area contributed by atoms with Crippen LogP contribution in [0.3, 0.4) is 0 Å². The largest absolute Gasteiger partial charge is 0.458 e. The number of nitrogens with one attached hydrogen (secondary N) is 1. The summed E-state index contributed by atoms with van der Waals surface area (Å²) in [5.74, 6) is 1.01. The molecule has 2 fully saturated rings. The topological polar surface area (TPSA) is 128 Å². The first-order valence-corrected chi connectivity index (χ1v) is 13.8. The third-order valence-electron chi connectivity index (χ3n) is 6.67. The van der Waals surface area contributed by atoms with Crippen LogP contribution in [-0.4, -0.2) is 100 Å². The van der Waals surface area contributed by atoms with Crippen molar-refractivity contribution in [2.75, 3.05) is 52.5 Å². The van der Waals surface area contributed by atoms with Gasteiger partial charge in [0, 0.05) is 44.2 Å². The van der Waals surface area contributed by atoms with Crippen LogP contribution < -0.4 is 5.32 Å². The van der Waals surface area contributed by atoms with Gasteiger partial charge in [-0.3, -0.25) is 14.5 Å². The molecule has 0 aliphatic carbocycles. The van der Waals surface area contributed by atoms with Gasteiger partial charge in [0.1, 0.15) is 18.3 Å². The average molecular weight is 544 g/mol. The quantitative estimate of drug-likeness (QED) is 0.383. The number of nitrogens with zero attached hydrogens (tertiary/aromatic N) is 6. The van der Waals surface area contributed by atoms with E-state index < -0.39 is 6.04 Å². The zero-order valence-corrected chi connectivity index (χ0v) is 22.3. The zero-order chi connectivity index (χ0) is 26.3. The van der Waals surface area contributed by atoms with Crippen molar-refractivity contribution in [1.82, 2.24) is 35.3 Å². The van der Waals surface area contributed by atoms with Crippen LogP contribution in [0, 0.1) is 6.92 Å². The number of hydrogen-bond acceptors (Lipinski definition) is 10. The standard InChI is InChI=1S/C25H33N7O5S/c1-18-6-7-20(37-18)24-27-29-32(28-24)17-22(33)31(9-8-30-10-13-35-14-11-30)23(21-5-3-15-38-21)25(34)26-16-19-4-2-12-36-19/h3,5-7,15,19,23H,2,4,8-14,16-17H2,1H3,(H,26,34)/t19-,23-/m1/s1. The molecule has 5 rings (SSSR count). The summed E-state index contributed by atoms with van der Waals surface area (Å²) in [5.41, 5.74) is 0.